The largest absolute Gasteiger partial charge is 0.456 e. The molecule has 0 bridgehead atoms. The van der Waals surface area contributed by atoms with Crippen molar-refractivity contribution in [3.63, 3.8) is 0 Å². The van der Waals surface area contributed by atoms with Crippen LogP contribution in [0.5, 0.6) is 6.01 Å². The van der Waals surface area contributed by atoms with Crippen LogP contribution in [0.3, 0.4) is 0 Å². The van der Waals surface area contributed by atoms with Crippen LogP contribution in [0.15, 0.2) is 54.6 Å². The monoisotopic (exact) mass is 517 g/mol. The van der Waals surface area contributed by atoms with E-state index in [1.165, 1.54) is 0 Å². The third kappa shape index (κ3) is 4.02. The number of imidazole rings is 1. The predicted octanol–water partition coefficient (Wildman–Crippen LogP) is 3.03. The van der Waals surface area contributed by atoms with Crippen molar-refractivity contribution >= 4 is 22.8 Å². The van der Waals surface area contributed by atoms with E-state index in [2.05, 4.69) is 35.6 Å². The second kappa shape index (κ2) is 8.89. The molecule has 2 aliphatic heterocycles. The molecule has 3 aromatic heterocycles. The summed E-state index contributed by atoms with van der Waals surface area (Å²) in [5, 5.41) is 24.5. The fraction of sp³-hybridized carbons (Fsp3) is 0.240. The number of hydrogen-bond acceptors (Lipinski definition) is 9. The fourth-order valence-corrected chi connectivity index (χ4v) is 5.02. The van der Waals surface area contributed by atoms with Gasteiger partial charge in [-0.1, -0.05) is 60.1 Å². The van der Waals surface area contributed by atoms with Crippen molar-refractivity contribution in [1.82, 2.24) is 35.6 Å². The van der Waals surface area contributed by atoms with Gasteiger partial charge in [-0.3, -0.25) is 0 Å². The summed E-state index contributed by atoms with van der Waals surface area (Å²) < 4.78 is 17.2. The molecule has 0 aliphatic carbocycles. The normalized spacial score (nSPS) is 23.0. The van der Waals surface area contributed by atoms with Crippen LogP contribution in [0.25, 0.3) is 44.9 Å². The van der Waals surface area contributed by atoms with E-state index in [-0.39, 0.29) is 24.9 Å². The Hall–Kier alpha value is -3.90. The Kier molecular flexibility index (Phi) is 5.36. The van der Waals surface area contributed by atoms with Crippen LogP contribution in [0.2, 0.25) is 5.02 Å². The smallest absolute Gasteiger partial charge is 0.296 e. The maximum Gasteiger partial charge on any atom is 0.296 e. The lowest BCUT2D eigenvalue weighted by atomic mass is 10.0. The molecule has 4 atom stereocenters. The minimum atomic E-state index is -0.639. The highest BCUT2D eigenvalue weighted by molar-refractivity contribution is 6.33. The number of halogens is 1. The molecule has 3 N–H and O–H groups in total. The molecule has 5 aromatic rings. The molecule has 186 valence electrons. The molecule has 0 amide bonds. The summed E-state index contributed by atoms with van der Waals surface area (Å²) in [4.78, 5) is 12.3. The van der Waals surface area contributed by atoms with Crippen molar-refractivity contribution in [2.75, 3.05) is 13.2 Å². The Morgan fingerprint density at radius 2 is 1.59 bits per heavy atom. The van der Waals surface area contributed by atoms with E-state index < -0.39 is 6.10 Å². The summed E-state index contributed by atoms with van der Waals surface area (Å²) in [6.45, 7) is 0.551. The first-order valence-corrected chi connectivity index (χ1v) is 12.1. The van der Waals surface area contributed by atoms with Gasteiger partial charge < -0.3 is 24.3 Å². The molecule has 2 fully saturated rings. The molecule has 2 aliphatic rings. The first kappa shape index (κ1) is 22.3. The fourth-order valence-electron chi connectivity index (χ4n) is 4.76. The van der Waals surface area contributed by atoms with Crippen LogP contribution in [0.1, 0.15) is 0 Å². The summed E-state index contributed by atoms with van der Waals surface area (Å²) in [6, 6.07) is 18.0. The highest BCUT2D eigenvalue weighted by Crippen LogP contribution is 2.33. The lowest BCUT2D eigenvalue weighted by Gasteiger charge is -2.15. The van der Waals surface area contributed by atoms with Gasteiger partial charge in [0, 0.05) is 11.1 Å². The van der Waals surface area contributed by atoms with Crippen LogP contribution >= 0.6 is 11.6 Å². The van der Waals surface area contributed by atoms with Gasteiger partial charge in [-0.2, -0.15) is 10.2 Å². The molecule has 0 saturated carbocycles. The molecule has 0 radical (unpaired) electrons. The van der Waals surface area contributed by atoms with Crippen molar-refractivity contribution in [3.8, 4) is 39.8 Å². The molecule has 2 aromatic carbocycles. The number of aromatic nitrogens is 7. The van der Waals surface area contributed by atoms with E-state index in [0.29, 0.717) is 40.3 Å². The number of ether oxygens (including phenoxy) is 3. The lowest BCUT2D eigenvalue weighted by molar-refractivity contribution is 0.00706. The third-order valence-electron chi connectivity index (χ3n) is 6.63. The molecule has 11 nitrogen and oxygen atoms in total. The van der Waals surface area contributed by atoms with Crippen LogP contribution in [-0.2, 0) is 9.47 Å². The standard InChI is InChI=1S/C25H20ClN7O4/c26-16-9-17-24(29-25(27-17)37-19-11-36-21-18(34)10-35-22(19)21)28-20(16)14-5-1-12(2-6-14)13-3-7-15(8-4-13)23-30-32-33-31-23/h1-9,18-19,21-22,34H,10-11H2,(H,27,28,29)(H,30,31,32,33)/t18-,19-,21-,22-/m1/s1. The highest BCUT2D eigenvalue weighted by Gasteiger charge is 2.48. The minimum absolute atomic E-state index is 0.236. The number of benzene rings is 2. The molecule has 7 rings (SSSR count). The number of rotatable bonds is 5. The van der Waals surface area contributed by atoms with Crippen LogP contribution in [0, 0.1) is 0 Å². The Balaban J connectivity index is 1.11. The van der Waals surface area contributed by atoms with Gasteiger partial charge in [-0.05, 0) is 22.4 Å². The maximum atomic E-state index is 9.93. The third-order valence-corrected chi connectivity index (χ3v) is 6.92. The quantitative estimate of drug-likeness (QED) is 0.320. The van der Waals surface area contributed by atoms with Gasteiger partial charge in [-0.25, -0.2) is 4.98 Å². The van der Waals surface area contributed by atoms with E-state index in [9.17, 15) is 5.11 Å². The van der Waals surface area contributed by atoms with Crippen molar-refractivity contribution in [3.05, 3.63) is 59.6 Å². The molecule has 0 spiro atoms. The number of H-pyrrole nitrogens is 2. The van der Waals surface area contributed by atoms with Gasteiger partial charge in [0.1, 0.15) is 18.3 Å². The van der Waals surface area contributed by atoms with E-state index >= 15 is 0 Å². The number of aliphatic hydroxyl groups is 1. The van der Waals surface area contributed by atoms with Crippen LogP contribution < -0.4 is 4.74 Å². The number of hydrogen-bond donors (Lipinski definition) is 3. The molecule has 37 heavy (non-hydrogen) atoms. The zero-order valence-electron chi connectivity index (χ0n) is 19.2. The first-order chi connectivity index (χ1) is 18.1. The molecular formula is C25H20ClN7O4. The Labute approximate surface area is 214 Å². The SMILES string of the molecule is O[C@@H]1CO[C@H]2[C@@H]1OC[C@H]2Oc1nc2nc(-c3ccc(-c4ccc(-c5nn[nH]n5)cc4)cc3)c(Cl)cc2[nH]1. The minimum Gasteiger partial charge on any atom is -0.456 e. The van der Waals surface area contributed by atoms with Crippen LogP contribution in [0.4, 0.5) is 0 Å². The summed E-state index contributed by atoms with van der Waals surface area (Å²) >= 11 is 6.59. The van der Waals surface area contributed by atoms with Crippen LogP contribution in [-0.4, -0.2) is 78.3 Å². The Bertz CT molecular complexity index is 1560. The van der Waals surface area contributed by atoms with Gasteiger partial charge in [0.15, 0.2) is 11.8 Å². The predicted molar refractivity (Wildman–Crippen MR) is 133 cm³/mol. The summed E-state index contributed by atoms with van der Waals surface area (Å²) in [5.74, 6) is 0.552. The van der Waals surface area contributed by atoms with Crippen molar-refractivity contribution < 1.29 is 19.3 Å². The summed E-state index contributed by atoms with van der Waals surface area (Å²) in [6.07, 6.45) is -1.71. The van der Waals surface area contributed by atoms with Crippen molar-refractivity contribution in [1.29, 1.82) is 0 Å². The van der Waals surface area contributed by atoms with E-state index in [0.717, 1.165) is 22.3 Å². The second-order valence-corrected chi connectivity index (χ2v) is 9.35. The molecular weight excluding hydrogens is 498 g/mol. The first-order valence-electron chi connectivity index (χ1n) is 11.7. The van der Waals surface area contributed by atoms with Gasteiger partial charge in [-0.15, -0.1) is 10.2 Å². The number of aliphatic hydroxyl groups excluding tert-OH is 1. The van der Waals surface area contributed by atoms with E-state index in [1.807, 2.05) is 48.5 Å². The van der Waals surface area contributed by atoms with Gasteiger partial charge >= 0.3 is 0 Å². The average Bonchev–Trinajstić information content (AvgIpc) is 3.71. The number of aromatic amines is 2. The number of nitrogens with zero attached hydrogens (tertiary/aromatic N) is 5. The topological polar surface area (TPSA) is 144 Å². The van der Waals surface area contributed by atoms with Gasteiger partial charge in [0.2, 0.25) is 5.82 Å². The Morgan fingerprint density at radius 3 is 2.32 bits per heavy atom. The van der Waals surface area contributed by atoms with Crippen molar-refractivity contribution in [2.24, 2.45) is 0 Å². The zero-order valence-corrected chi connectivity index (χ0v) is 20.0. The lowest BCUT2D eigenvalue weighted by Crippen LogP contribution is -2.34. The molecule has 5 heterocycles. The van der Waals surface area contributed by atoms with E-state index in [1.54, 1.807) is 6.07 Å². The zero-order chi connectivity index (χ0) is 24.9. The van der Waals surface area contributed by atoms with Gasteiger partial charge in [0.25, 0.3) is 6.01 Å². The Morgan fingerprint density at radius 1 is 0.892 bits per heavy atom. The summed E-state index contributed by atoms with van der Waals surface area (Å²) in [5.41, 5.74) is 5.62. The molecule has 2 saturated heterocycles. The van der Waals surface area contributed by atoms with Gasteiger partial charge in [0.05, 0.1) is 29.4 Å². The summed E-state index contributed by atoms with van der Waals surface area (Å²) in [7, 11) is 0. The molecule has 12 heteroatoms. The maximum absolute atomic E-state index is 9.93. The highest BCUT2D eigenvalue weighted by atomic mass is 35.5. The van der Waals surface area contributed by atoms with E-state index in [4.69, 9.17) is 25.8 Å². The second-order valence-electron chi connectivity index (χ2n) is 8.94. The molecule has 0 unspecified atom stereocenters. The number of pyridine rings is 1. The number of fused-ring (bicyclic) bond motifs is 2. The number of nitrogens with one attached hydrogen (secondary N) is 2. The average molecular weight is 518 g/mol. The number of tetrazole rings is 1. The van der Waals surface area contributed by atoms with Crippen molar-refractivity contribution in [2.45, 2.75) is 24.4 Å².